The van der Waals surface area contributed by atoms with Crippen molar-refractivity contribution in [3.8, 4) is 0 Å². The van der Waals surface area contributed by atoms with Crippen LogP contribution in [0.2, 0.25) is 10.0 Å². The van der Waals surface area contributed by atoms with Crippen molar-refractivity contribution in [1.82, 2.24) is 4.90 Å². The van der Waals surface area contributed by atoms with E-state index in [2.05, 4.69) is 5.32 Å². The average molecular weight is 496 g/mol. The molecule has 0 saturated carbocycles. The Kier molecular flexibility index (Phi) is 5.93. The van der Waals surface area contributed by atoms with Crippen molar-refractivity contribution < 1.29 is 19.2 Å². The highest BCUT2D eigenvalue weighted by atomic mass is 35.5. The fourth-order valence-electron chi connectivity index (χ4n) is 5.37. The molecule has 1 spiro atoms. The van der Waals surface area contributed by atoms with Gasteiger partial charge < -0.3 is 10.4 Å². The lowest BCUT2D eigenvalue weighted by Crippen LogP contribution is -2.55. The summed E-state index contributed by atoms with van der Waals surface area (Å²) in [7, 11) is 0. The minimum atomic E-state index is -1.65. The van der Waals surface area contributed by atoms with E-state index in [9.17, 15) is 20.0 Å². The van der Waals surface area contributed by atoms with Gasteiger partial charge in [0.15, 0.2) is 0 Å². The Bertz CT molecular complexity index is 1140. The molecular weight excluding hydrogens is 472 g/mol. The first kappa shape index (κ1) is 23.9. The SMILES string of the molecule is CC(C)(C)CN1[C@@H](CO)[C@@H]([N+](=O)[O-])[C@H](c2cccc(Cl)c2F)[C@]12C(=O)Nc1cc(Cl)ccc12. The Hall–Kier alpha value is -2.26. The topological polar surface area (TPSA) is 95.7 Å². The number of aliphatic hydroxyl groups is 1. The molecule has 2 aliphatic rings. The Morgan fingerprint density at radius 2 is 1.97 bits per heavy atom. The minimum Gasteiger partial charge on any atom is -0.394 e. The van der Waals surface area contributed by atoms with Crippen molar-refractivity contribution >= 4 is 34.8 Å². The lowest BCUT2D eigenvalue weighted by Gasteiger charge is -2.41. The van der Waals surface area contributed by atoms with Crippen molar-refractivity contribution in [3.05, 3.63) is 73.5 Å². The average Bonchev–Trinajstić information content (AvgIpc) is 3.15. The van der Waals surface area contributed by atoms with Gasteiger partial charge in [0.2, 0.25) is 6.04 Å². The van der Waals surface area contributed by atoms with Crippen LogP contribution in [-0.2, 0) is 10.3 Å². The molecule has 176 valence electrons. The van der Waals surface area contributed by atoms with Gasteiger partial charge >= 0.3 is 0 Å². The van der Waals surface area contributed by atoms with Crippen LogP contribution in [0.3, 0.4) is 0 Å². The molecule has 1 amide bonds. The molecule has 2 aliphatic heterocycles. The molecular formula is C23H24Cl2FN3O4. The lowest BCUT2D eigenvalue weighted by molar-refractivity contribution is -0.528. The highest BCUT2D eigenvalue weighted by Gasteiger charge is 2.71. The van der Waals surface area contributed by atoms with Crippen LogP contribution < -0.4 is 5.32 Å². The van der Waals surface area contributed by atoms with Crippen LogP contribution in [0.15, 0.2) is 36.4 Å². The van der Waals surface area contributed by atoms with E-state index in [1.54, 1.807) is 23.1 Å². The number of carbonyl (C=O) groups excluding carboxylic acids is 1. The minimum absolute atomic E-state index is 0.0444. The molecule has 33 heavy (non-hydrogen) atoms. The van der Waals surface area contributed by atoms with Crippen molar-refractivity contribution in [2.75, 3.05) is 18.5 Å². The summed E-state index contributed by atoms with van der Waals surface area (Å²) in [5, 5.41) is 25.8. The summed E-state index contributed by atoms with van der Waals surface area (Å²) in [4.78, 5) is 27.4. The maximum absolute atomic E-state index is 15.4. The van der Waals surface area contributed by atoms with Gasteiger partial charge in [0.05, 0.1) is 17.5 Å². The Labute approximate surface area is 200 Å². The number of amides is 1. The number of hydrogen-bond donors (Lipinski definition) is 2. The van der Waals surface area contributed by atoms with E-state index in [1.807, 2.05) is 20.8 Å². The van der Waals surface area contributed by atoms with Gasteiger partial charge in [0.1, 0.15) is 17.4 Å². The number of halogens is 3. The molecule has 0 aromatic heterocycles. The van der Waals surface area contributed by atoms with Crippen molar-refractivity contribution in [1.29, 1.82) is 0 Å². The first-order valence-electron chi connectivity index (χ1n) is 10.5. The maximum atomic E-state index is 15.4. The number of nitrogens with one attached hydrogen (secondary N) is 1. The van der Waals surface area contributed by atoms with E-state index in [0.717, 1.165) is 0 Å². The van der Waals surface area contributed by atoms with E-state index in [-0.39, 0.29) is 17.1 Å². The zero-order valence-corrected chi connectivity index (χ0v) is 19.8. The van der Waals surface area contributed by atoms with Gasteiger partial charge in [-0.2, -0.15) is 0 Å². The second kappa shape index (κ2) is 8.20. The fourth-order valence-corrected chi connectivity index (χ4v) is 5.73. The molecule has 1 fully saturated rings. The van der Waals surface area contributed by atoms with E-state index >= 15 is 4.39 Å². The van der Waals surface area contributed by atoms with Crippen LogP contribution in [0.25, 0.3) is 0 Å². The van der Waals surface area contributed by atoms with E-state index in [0.29, 0.717) is 16.3 Å². The third kappa shape index (κ3) is 3.60. The number of fused-ring (bicyclic) bond motifs is 2. The predicted molar refractivity (Wildman–Crippen MR) is 124 cm³/mol. The largest absolute Gasteiger partial charge is 0.394 e. The summed E-state index contributed by atoms with van der Waals surface area (Å²) in [6, 6.07) is 6.54. The van der Waals surface area contributed by atoms with Gasteiger partial charge in [-0.3, -0.25) is 19.8 Å². The van der Waals surface area contributed by atoms with Gasteiger partial charge in [0, 0.05) is 33.3 Å². The van der Waals surface area contributed by atoms with E-state index < -0.39 is 52.2 Å². The molecule has 0 unspecified atom stereocenters. The Balaban J connectivity index is 2.11. The smallest absolute Gasteiger partial charge is 0.250 e. The molecule has 7 nitrogen and oxygen atoms in total. The second-order valence-corrected chi connectivity index (χ2v) is 10.6. The highest BCUT2D eigenvalue weighted by Crippen LogP contribution is 2.58. The Morgan fingerprint density at radius 1 is 1.27 bits per heavy atom. The van der Waals surface area contributed by atoms with Crippen molar-refractivity contribution in [2.45, 2.75) is 44.3 Å². The van der Waals surface area contributed by atoms with Gasteiger partial charge in [0.25, 0.3) is 5.91 Å². The van der Waals surface area contributed by atoms with Crippen molar-refractivity contribution in [3.63, 3.8) is 0 Å². The summed E-state index contributed by atoms with van der Waals surface area (Å²) in [6.45, 7) is 5.44. The molecule has 2 aromatic carbocycles. The monoisotopic (exact) mass is 495 g/mol. The van der Waals surface area contributed by atoms with Crippen LogP contribution in [0.4, 0.5) is 10.1 Å². The molecule has 10 heteroatoms. The molecule has 2 aromatic rings. The molecule has 0 radical (unpaired) electrons. The van der Waals surface area contributed by atoms with E-state index in [4.69, 9.17) is 23.2 Å². The van der Waals surface area contributed by atoms with Gasteiger partial charge in [-0.1, -0.05) is 62.2 Å². The van der Waals surface area contributed by atoms with Crippen LogP contribution >= 0.6 is 23.2 Å². The van der Waals surface area contributed by atoms with Crippen LogP contribution in [-0.4, -0.2) is 46.1 Å². The number of anilines is 1. The number of carbonyl (C=O) groups is 1. The second-order valence-electron chi connectivity index (χ2n) is 9.75. The summed E-state index contributed by atoms with van der Waals surface area (Å²) in [5.41, 5.74) is -1.24. The molecule has 4 atom stereocenters. The highest BCUT2D eigenvalue weighted by molar-refractivity contribution is 6.31. The number of rotatable bonds is 4. The predicted octanol–water partition coefficient (Wildman–Crippen LogP) is 4.43. The number of aliphatic hydroxyl groups excluding tert-OH is 1. The fraction of sp³-hybridized carbons (Fsp3) is 0.435. The zero-order valence-electron chi connectivity index (χ0n) is 18.3. The lowest BCUT2D eigenvalue weighted by atomic mass is 9.73. The summed E-state index contributed by atoms with van der Waals surface area (Å²) in [6.07, 6.45) is 0. The van der Waals surface area contributed by atoms with Crippen LogP contribution in [0.1, 0.15) is 37.8 Å². The summed E-state index contributed by atoms with van der Waals surface area (Å²) >= 11 is 12.2. The first-order valence-corrected chi connectivity index (χ1v) is 11.3. The first-order chi connectivity index (χ1) is 15.4. The number of hydrogen-bond acceptors (Lipinski definition) is 5. The number of benzene rings is 2. The standard InChI is InChI=1S/C23H24Cl2FN3O4/c1-22(2,3)11-28-17(10-30)20(29(32)33)18(13-5-4-6-15(25)19(13)26)23(28)14-8-7-12(24)9-16(14)27-21(23)31/h4-9,17-18,20,30H,10-11H2,1-3H3,(H,27,31)/t17-,18-,20+,23+/m0/s1. The molecule has 1 saturated heterocycles. The third-order valence-corrected chi connectivity index (χ3v) is 6.94. The maximum Gasteiger partial charge on any atom is 0.250 e. The van der Waals surface area contributed by atoms with E-state index in [1.165, 1.54) is 18.2 Å². The van der Waals surface area contributed by atoms with Gasteiger partial charge in [-0.15, -0.1) is 0 Å². The van der Waals surface area contributed by atoms with Crippen LogP contribution in [0.5, 0.6) is 0 Å². The molecule has 0 aliphatic carbocycles. The molecule has 0 bridgehead atoms. The summed E-state index contributed by atoms with van der Waals surface area (Å²) in [5.74, 6) is -2.61. The molecule has 2 N–H and O–H groups in total. The molecule has 4 rings (SSSR count). The van der Waals surface area contributed by atoms with Crippen LogP contribution in [0, 0.1) is 21.3 Å². The number of nitrogens with zero attached hydrogens (tertiary/aromatic N) is 2. The zero-order chi connectivity index (χ0) is 24.3. The van der Waals surface area contributed by atoms with Gasteiger partial charge in [-0.05, 0) is 23.6 Å². The third-order valence-electron chi connectivity index (χ3n) is 6.42. The van der Waals surface area contributed by atoms with Crippen molar-refractivity contribution in [2.24, 2.45) is 5.41 Å². The summed E-state index contributed by atoms with van der Waals surface area (Å²) < 4.78 is 15.4. The Morgan fingerprint density at radius 3 is 2.58 bits per heavy atom. The molecule has 2 heterocycles. The number of likely N-dealkylation sites (tertiary alicyclic amines) is 1. The normalized spacial score (nSPS) is 27.1. The van der Waals surface area contributed by atoms with Gasteiger partial charge in [-0.25, -0.2) is 4.39 Å². The quantitative estimate of drug-likeness (QED) is 0.483. The number of nitro groups is 1.